The van der Waals surface area contributed by atoms with Crippen molar-refractivity contribution in [1.82, 2.24) is 4.90 Å². The van der Waals surface area contributed by atoms with Gasteiger partial charge in [-0.15, -0.1) is 0 Å². The van der Waals surface area contributed by atoms with Gasteiger partial charge in [0.15, 0.2) is 0 Å². The molecule has 1 unspecified atom stereocenters. The molecular formula is C13H17FN2O2. The Hall–Kier alpha value is -1.62. The fraction of sp³-hybridized carbons (Fsp3) is 0.462. The SMILES string of the molecule is CN1CCN(c2ccc(F)cc2)C(CCO)C1=O. The van der Waals surface area contributed by atoms with Crippen molar-refractivity contribution in [2.24, 2.45) is 0 Å². The number of hydrogen-bond acceptors (Lipinski definition) is 3. The van der Waals surface area contributed by atoms with Crippen molar-refractivity contribution >= 4 is 11.6 Å². The molecule has 1 aliphatic heterocycles. The van der Waals surface area contributed by atoms with Crippen molar-refractivity contribution in [2.75, 3.05) is 31.6 Å². The maximum Gasteiger partial charge on any atom is 0.245 e. The highest BCUT2D eigenvalue weighted by molar-refractivity contribution is 5.86. The second kappa shape index (κ2) is 5.35. The highest BCUT2D eigenvalue weighted by Gasteiger charge is 2.32. The van der Waals surface area contributed by atoms with Crippen LogP contribution in [0.1, 0.15) is 6.42 Å². The molecule has 5 heteroatoms. The summed E-state index contributed by atoms with van der Waals surface area (Å²) in [6.07, 6.45) is 0.389. The number of piperazine rings is 1. The lowest BCUT2D eigenvalue weighted by atomic mass is 10.1. The number of hydrogen-bond donors (Lipinski definition) is 1. The van der Waals surface area contributed by atoms with Gasteiger partial charge in [0.2, 0.25) is 5.91 Å². The Morgan fingerprint density at radius 1 is 1.33 bits per heavy atom. The Morgan fingerprint density at radius 2 is 2.00 bits per heavy atom. The van der Waals surface area contributed by atoms with Gasteiger partial charge in [-0.05, 0) is 30.7 Å². The van der Waals surface area contributed by atoms with Gasteiger partial charge in [-0.2, -0.15) is 0 Å². The molecule has 0 aromatic heterocycles. The summed E-state index contributed by atoms with van der Waals surface area (Å²) < 4.78 is 12.9. The van der Waals surface area contributed by atoms with Gasteiger partial charge in [0.25, 0.3) is 0 Å². The smallest absolute Gasteiger partial charge is 0.245 e. The number of nitrogens with zero attached hydrogens (tertiary/aromatic N) is 2. The minimum Gasteiger partial charge on any atom is -0.396 e. The van der Waals surface area contributed by atoms with Crippen molar-refractivity contribution in [2.45, 2.75) is 12.5 Å². The fourth-order valence-electron chi connectivity index (χ4n) is 2.25. The molecule has 0 bridgehead atoms. The normalized spacial score (nSPS) is 20.4. The molecule has 18 heavy (non-hydrogen) atoms. The van der Waals surface area contributed by atoms with Gasteiger partial charge in [0.1, 0.15) is 11.9 Å². The predicted octanol–water partition coefficient (Wildman–Crippen LogP) is 0.855. The molecule has 4 nitrogen and oxygen atoms in total. The summed E-state index contributed by atoms with van der Waals surface area (Å²) >= 11 is 0. The number of rotatable bonds is 3. The minimum absolute atomic E-state index is 0.000347. The minimum atomic E-state index is -0.362. The van der Waals surface area contributed by atoms with E-state index in [1.54, 1.807) is 24.1 Å². The molecule has 1 aromatic rings. The van der Waals surface area contributed by atoms with E-state index in [2.05, 4.69) is 0 Å². The van der Waals surface area contributed by atoms with Gasteiger partial charge in [-0.3, -0.25) is 4.79 Å². The molecule has 1 aromatic carbocycles. The van der Waals surface area contributed by atoms with Gasteiger partial charge in [0, 0.05) is 32.4 Å². The van der Waals surface area contributed by atoms with Crippen LogP contribution in [0.4, 0.5) is 10.1 Å². The Morgan fingerprint density at radius 3 is 2.61 bits per heavy atom. The molecule has 2 rings (SSSR count). The third-order valence-corrected chi connectivity index (χ3v) is 3.27. The van der Waals surface area contributed by atoms with Gasteiger partial charge >= 0.3 is 0 Å². The molecule has 1 saturated heterocycles. The summed E-state index contributed by atoms with van der Waals surface area (Å²) in [5, 5.41) is 9.07. The first kappa shape index (κ1) is 12.8. The third kappa shape index (κ3) is 2.46. The molecule has 1 heterocycles. The number of anilines is 1. The summed E-state index contributed by atoms with van der Waals surface area (Å²) in [7, 11) is 1.76. The Bertz CT molecular complexity index is 422. The first-order chi connectivity index (χ1) is 8.63. The van der Waals surface area contributed by atoms with E-state index in [-0.39, 0.29) is 24.4 Å². The Kier molecular flexibility index (Phi) is 3.81. The molecule has 0 radical (unpaired) electrons. The zero-order valence-electron chi connectivity index (χ0n) is 10.3. The average molecular weight is 252 g/mol. The number of likely N-dealkylation sites (N-methyl/N-ethyl adjacent to an activating group) is 1. The number of carbonyl (C=O) groups is 1. The summed E-state index contributed by atoms with van der Waals surface area (Å²) in [6, 6.07) is 5.73. The van der Waals surface area contributed by atoms with Crippen molar-refractivity contribution in [3.63, 3.8) is 0 Å². The lowest BCUT2D eigenvalue weighted by Gasteiger charge is -2.40. The van der Waals surface area contributed by atoms with E-state index in [1.165, 1.54) is 12.1 Å². The van der Waals surface area contributed by atoms with Gasteiger partial charge < -0.3 is 14.9 Å². The third-order valence-electron chi connectivity index (χ3n) is 3.27. The highest BCUT2D eigenvalue weighted by Crippen LogP contribution is 2.22. The van der Waals surface area contributed by atoms with Gasteiger partial charge in [-0.1, -0.05) is 0 Å². The second-order valence-corrected chi connectivity index (χ2v) is 4.46. The quantitative estimate of drug-likeness (QED) is 0.867. The van der Waals surface area contributed by atoms with Crippen LogP contribution in [0.15, 0.2) is 24.3 Å². The van der Waals surface area contributed by atoms with E-state index >= 15 is 0 Å². The van der Waals surface area contributed by atoms with Crippen molar-refractivity contribution in [3.8, 4) is 0 Å². The maximum atomic E-state index is 12.9. The van der Waals surface area contributed by atoms with Crippen LogP contribution in [0, 0.1) is 5.82 Å². The van der Waals surface area contributed by atoms with Crippen LogP contribution in [0.25, 0.3) is 0 Å². The average Bonchev–Trinajstić information content (AvgIpc) is 2.37. The van der Waals surface area contributed by atoms with Crippen LogP contribution < -0.4 is 4.90 Å². The van der Waals surface area contributed by atoms with Crippen LogP contribution in [0.2, 0.25) is 0 Å². The molecule has 1 fully saturated rings. The summed E-state index contributed by atoms with van der Waals surface area (Å²) in [6.45, 7) is 1.29. The van der Waals surface area contributed by atoms with Gasteiger partial charge in [0.05, 0.1) is 0 Å². The van der Waals surface area contributed by atoms with E-state index in [1.807, 2.05) is 4.90 Å². The summed E-state index contributed by atoms with van der Waals surface area (Å²) in [5.74, 6) is -0.294. The van der Waals surface area contributed by atoms with Gasteiger partial charge in [-0.25, -0.2) is 4.39 Å². The maximum absolute atomic E-state index is 12.9. The van der Waals surface area contributed by atoms with Crippen LogP contribution in [-0.2, 0) is 4.79 Å². The standard InChI is InChI=1S/C13H17FN2O2/c1-15-7-8-16(12(6-9-17)13(15)18)11-4-2-10(14)3-5-11/h2-5,12,17H,6-9H2,1H3. The fourth-order valence-corrected chi connectivity index (χ4v) is 2.25. The number of carbonyl (C=O) groups excluding carboxylic acids is 1. The monoisotopic (exact) mass is 252 g/mol. The predicted molar refractivity (Wildman–Crippen MR) is 66.9 cm³/mol. The summed E-state index contributed by atoms with van der Waals surface area (Å²) in [5.41, 5.74) is 0.816. The van der Waals surface area contributed by atoms with Crippen LogP contribution in [0.5, 0.6) is 0 Å². The largest absolute Gasteiger partial charge is 0.396 e. The van der Waals surface area contributed by atoms with Crippen molar-refractivity contribution < 1.29 is 14.3 Å². The van der Waals surface area contributed by atoms with Crippen molar-refractivity contribution in [3.05, 3.63) is 30.1 Å². The van der Waals surface area contributed by atoms with E-state index in [4.69, 9.17) is 5.11 Å². The van der Waals surface area contributed by atoms with Crippen LogP contribution >= 0.6 is 0 Å². The van der Waals surface area contributed by atoms with Crippen LogP contribution in [-0.4, -0.2) is 48.7 Å². The molecule has 98 valence electrons. The molecular weight excluding hydrogens is 235 g/mol. The zero-order chi connectivity index (χ0) is 13.1. The van der Waals surface area contributed by atoms with Crippen molar-refractivity contribution in [1.29, 1.82) is 0 Å². The summed E-state index contributed by atoms with van der Waals surface area (Å²) in [4.78, 5) is 15.7. The molecule has 1 amide bonds. The lowest BCUT2D eigenvalue weighted by molar-refractivity contribution is -0.133. The lowest BCUT2D eigenvalue weighted by Crippen LogP contribution is -2.56. The Balaban J connectivity index is 2.24. The number of aliphatic hydroxyl groups is 1. The van der Waals surface area contributed by atoms with E-state index in [9.17, 15) is 9.18 Å². The topological polar surface area (TPSA) is 43.8 Å². The first-order valence-electron chi connectivity index (χ1n) is 6.01. The molecule has 0 spiro atoms. The van der Waals surface area contributed by atoms with E-state index in [0.717, 1.165) is 5.69 Å². The van der Waals surface area contributed by atoms with Crippen LogP contribution in [0.3, 0.4) is 0 Å². The molecule has 1 aliphatic rings. The number of amides is 1. The number of halogens is 1. The second-order valence-electron chi connectivity index (χ2n) is 4.46. The Labute approximate surface area is 106 Å². The zero-order valence-corrected chi connectivity index (χ0v) is 10.3. The number of benzene rings is 1. The number of aliphatic hydroxyl groups excluding tert-OH is 1. The molecule has 1 atom stereocenters. The molecule has 0 saturated carbocycles. The van der Waals surface area contributed by atoms with E-state index < -0.39 is 0 Å². The highest BCUT2D eigenvalue weighted by atomic mass is 19.1. The molecule has 1 N–H and O–H groups in total. The van der Waals surface area contributed by atoms with E-state index in [0.29, 0.717) is 19.5 Å². The first-order valence-corrected chi connectivity index (χ1v) is 6.01. The molecule has 0 aliphatic carbocycles.